The zero-order valence-corrected chi connectivity index (χ0v) is 18.8. The number of carbonyl (C=O) groups excluding carboxylic acids is 2. The molecule has 2 rings (SSSR count). The second kappa shape index (κ2) is 11.4. The predicted molar refractivity (Wildman–Crippen MR) is 108 cm³/mol. The Balaban J connectivity index is 1.48. The third-order valence-electron chi connectivity index (χ3n) is 5.15. The minimum absolute atomic E-state index is 0.216. The van der Waals surface area contributed by atoms with Crippen molar-refractivity contribution >= 4 is 26.8 Å². The van der Waals surface area contributed by atoms with Crippen LogP contribution in [0.25, 0.3) is 0 Å². The molecule has 0 aliphatic carbocycles. The zero-order valence-electron chi connectivity index (χ0n) is 17.0. The van der Waals surface area contributed by atoms with Crippen LogP contribution in [0, 0.1) is 0 Å². The molecule has 0 aromatic heterocycles. The minimum atomic E-state index is -5.01. The van der Waals surface area contributed by atoms with E-state index in [0.717, 1.165) is 44.9 Å². The molecule has 0 fully saturated rings. The first-order valence-electron chi connectivity index (χ1n) is 10.4. The van der Waals surface area contributed by atoms with Crippen LogP contribution in [0.3, 0.4) is 0 Å². The molecule has 2 amide bonds. The summed E-state index contributed by atoms with van der Waals surface area (Å²) in [5.41, 5.74) is 0.955. The van der Waals surface area contributed by atoms with Crippen LogP contribution in [0.15, 0.2) is 24.3 Å². The quantitative estimate of drug-likeness (QED) is 0.238. The Labute approximate surface area is 177 Å². The van der Waals surface area contributed by atoms with E-state index in [1.54, 1.807) is 24.3 Å². The van der Waals surface area contributed by atoms with Gasteiger partial charge in [-0.25, -0.2) is 0 Å². The molecule has 0 N–H and O–H groups in total. The Morgan fingerprint density at radius 2 is 1.13 bits per heavy atom. The van der Waals surface area contributed by atoms with E-state index in [1.165, 1.54) is 4.90 Å². The molecule has 1 unspecified atom stereocenters. The van der Waals surface area contributed by atoms with Gasteiger partial charge in [0.1, 0.15) is 0 Å². The highest BCUT2D eigenvalue weighted by Gasteiger charge is 2.34. The Bertz CT molecular complexity index is 801. The van der Waals surface area contributed by atoms with Crippen molar-refractivity contribution in [1.29, 1.82) is 0 Å². The second-order valence-corrected chi connectivity index (χ2v) is 12.2. The lowest BCUT2D eigenvalue weighted by Crippen LogP contribution is -2.30. The number of amides is 2. The molecular formula is C20H28NO7P2-3. The number of imide groups is 1. The summed E-state index contributed by atoms with van der Waals surface area (Å²) in [6, 6.07) is 6.86. The highest BCUT2D eigenvalue weighted by atomic mass is 31.2. The van der Waals surface area contributed by atoms with Crippen molar-refractivity contribution in [3.8, 4) is 0 Å². The van der Waals surface area contributed by atoms with Gasteiger partial charge in [0.2, 0.25) is 0 Å². The number of fused-ring (bicyclic) bond motifs is 1. The summed E-state index contributed by atoms with van der Waals surface area (Å²) in [5.74, 6) is -1.70. The van der Waals surface area contributed by atoms with Crippen LogP contribution in [0.4, 0.5) is 0 Å². The maximum atomic E-state index is 12.3. The van der Waals surface area contributed by atoms with E-state index in [1.807, 2.05) is 0 Å². The lowest BCUT2D eigenvalue weighted by Gasteiger charge is -2.36. The number of hydrogen-bond donors (Lipinski definition) is 0. The van der Waals surface area contributed by atoms with Crippen molar-refractivity contribution in [2.24, 2.45) is 0 Å². The van der Waals surface area contributed by atoms with Gasteiger partial charge in [0, 0.05) is 19.8 Å². The Morgan fingerprint density at radius 3 is 1.60 bits per heavy atom. The number of rotatable bonds is 14. The standard InChI is InChI=1S/C20H31NO7P2/c22-19-17-12-8-9-13-18(17)20(23)21(19)14-10-6-4-2-1-3-5-7-11-15-29(24,25)16-30(26,27)28/h8-9,12-13H,1-7,10-11,14-16H2,(H,24,25)(H2,26,27,28)/p-3. The molecule has 1 heterocycles. The van der Waals surface area contributed by atoms with Gasteiger partial charge in [0.25, 0.3) is 11.8 Å². The highest BCUT2D eigenvalue weighted by molar-refractivity contribution is 7.70. The number of benzene rings is 1. The van der Waals surface area contributed by atoms with Crippen LogP contribution in [0.2, 0.25) is 0 Å². The largest absolute Gasteiger partial charge is 0.810 e. The lowest BCUT2D eigenvalue weighted by molar-refractivity contribution is -0.312. The average molecular weight is 456 g/mol. The number of nitrogens with zero attached hydrogens (tertiary/aromatic N) is 1. The van der Waals surface area contributed by atoms with E-state index < -0.39 is 20.9 Å². The van der Waals surface area contributed by atoms with Crippen LogP contribution < -0.4 is 14.7 Å². The smallest absolute Gasteiger partial charge is 0.261 e. The van der Waals surface area contributed by atoms with Crippen LogP contribution in [0.1, 0.15) is 78.5 Å². The van der Waals surface area contributed by atoms with E-state index >= 15 is 0 Å². The van der Waals surface area contributed by atoms with Crippen molar-refractivity contribution in [2.75, 3.05) is 18.6 Å². The van der Waals surface area contributed by atoms with Gasteiger partial charge in [-0.3, -0.25) is 14.5 Å². The summed E-state index contributed by atoms with van der Waals surface area (Å²) in [6.45, 7) is 0.432. The topological polar surface area (TPSA) is 141 Å². The monoisotopic (exact) mass is 456 g/mol. The number of unbranched alkanes of at least 4 members (excludes halogenated alkanes) is 8. The summed E-state index contributed by atoms with van der Waals surface area (Å²) >= 11 is 0. The third-order valence-corrected chi connectivity index (χ3v) is 9.25. The number of carbonyl (C=O) groups is 2. The molecule has 1 atom stereocenters. The van der Waals surface area contributed by atoms with E-state index in [2.05, 4.69) is 0 Å². The molecule has 1 aromatic rings. The van der Waals surface area contributed by atoms with E-state index in [4.69, 9.17) is 0 Å². The molecule has 1 aromatic carbocycles. The average Bonchev–Trinajstić information content (AvgIpc) is 2.89. The molecule has 8 nitrogen and oxygen atoms in total. The fourth-order valence-electron chi connectivity index (χ4n) is 3.64. The highest BCUT2D eigenvalue weighted by Crippen LogP contribution is 2.47. The molecule has 1 aliphatic rings. The van der Waals surface area contributed by atoms with Crippen molar-refractivity contribution in [3.05, 3.63) is 35.4 Å². The third kappa shape index (κ3) is 8.09. The molecule has 168 valence electrons. The van der Waals surface area contributed by atoms with Crippen molar-refractivity contribution in [2.45, 2.75) is 57.8 Å². The molecule has 0 saturated heterocycles. The molecule has 10 heteroatoms. The van der Waals surface area contributed by atoms with Gasteiger partial charge in [0.15, 0.2) is 0 Å². The zero-order chi connectivity index (χ0) is 22.2. The summed E-state index contributed by atoms with van der Waals surface area (Å²) < 4.78 is 22.0. The van der Waals surface area contributed by atoms with Gasteiger partial charge < -0.3 is 23.8 Å². The first-order valence-corrected chi connectivity index (χ1v) is 14.1. The summed E-state index contributed by atoms with van der Waals surface area (Å²) in [7, 11) is -9.13. The van der Waals surface area contributed by atoms with Crippen molar-refractivity contribution < 1.29 is 33.4 Å². The summed E-state index contributed by atoms with van der Waals surface area (Å²) in [6.07, 6.45) is 7.39. The predicted octanol–water partition coefficient (Wildman–Crippen LogP) is 2.30. The fourth-order valence-corrected chi connectivity index (χ4v) is 7.02. The van der Waals surface area contributed by atoms with Gasteiger partial charge in [0.05, 0.1) is 11.1 Å². The Kier molecular flexibility index (Phi) is 9.45. The van der Waals surface area contributed by atoms with Crippen LogP contribution in [-0.2, 0) is 9.13 Å². The summed E-state index contributed by atoms with van der Waals surface area (Å²) in [5, 5.41) is 0. The van der Waals surface area contributed by atoms with Gasteiger partial charge in [-0.1, -0.05) is 64.7 Å². The van der Waals surface area contributed by atoms with Gasteiger partial charge >= 0.3 is 0 Å². The van der Waals surface area contributed by atoms with E-state index in [9.17, 15) is 33.4 Å². The fraction of sp³-hybridized carbons (Fsp3) is 0.600. The molecule has 0 bridgehead atoms. The summed E-state index contributed by atoms with van der Waals surface area (Å²) in [4.78, 5) is 58.4. The van der Waals surface area contributed by atoms with Gasteiger partial charge in [-0.05, 0) is 31.1 Å². The molecule has 0 radical (unpaired) electrons. The number of hydrogen-bond acceptors (Lipinski definition) is 7. The van der Waals surface area contributed by atoms with Gasteiger partial charge in [-0.2, -0.15) is 0 Å². The maximum Gasteiger partial charge on any atom is 0.261 e. The van der Waals surface area contributed by atoms with Crippen molar-refractivity contribution in [3.63, 3.8) is 0 Å². The maximum absolute atomic E-state index is 12.3. The van der Waals surface area contributed by atoms with Crippen LogP contribution in [0.5, 0.6) is 0 Å². The van der Waals surface area contributed by atoms with Crippen LogP contribution in [-0.4, -0.2) is 35.3 Å². The Morgan fingerprint density at radius 1 is 0.700 bits per heavy atom. The minimum Gasteiger partial charge on any atom is -0.810 e. The first-order chi connectivity index (χ1) is 14.1. The SMILES string of the molecule is O=C1c2ccccc2C(=O)N1CCCCCCCCCCCP(=O)([O-])CP(=O)([O-])[O-]. The molecule has 1 aliphatic heterocycles. The molecule has 0 saturated carbocycles. The van der Waals surface area contributed by atoms with E-state index in [0.29, 0.717) is 30.5 Å². The van der Waals surface area contributed by atoms with Crippen molar-refractivity contribution in [1.82, 2.24) is 4.90 Å². The normalized spacial score (nSPS) is 16.0. The molecule has 30 heavy (non-hydrogen) atoms. The first kappa shape index (κ1) is 25.0. The Hall–Kier alpha value is -1.30. The van der Waals surface area contributed by atoms with Crippen LogP contribution >= 0.6 is 15.0 Å². The van der Waals surface area contributed by atoms with Gasteiger partial charge in [-0.15, -0.1) is 0 Å². The lowest BCUT2D eigenvalue weighted by atomic mass is 10.1. The molecule has 0 spiro atoms. The van der Waals surface area contributed by atoms with E-state index in [-0.39, 0.29) is 18.0 Å². The second-order valence-electron chi connectivity index (χ2n) is 7.78. The molecular weight excluding hydrogens is 428 g/mol.